The minimum atomic E-state index is -3.83. The third-order valence-corrected chi connectivity index (χ3v) is 4.63. The molecule has 1 N–H and O–H groups in total. The average Bonchev–Trinajstić information content (AvgIpc) is 2.76. The molecule has 6 nitrogen and oxygen atoms in total. The molecule has 0 aliphatic carbocycles. The highest BCUT2D eigenvalue weighted by molar-refractivity contribution is 7.92. The molecule has 2 aromatic heterocycles. The van der Waals surface area contributed by atoms with Crippen LogP contribution in [0, 0.1) is 13.8 Å². The van der Waals surface area contributed by atoms with Gasteiger partial charge in [-0.05, 0) is 32.4 Å². The summed E-state index contributed by atoms with van der Waals surface area (Å²) >= 11 is 11.7. The number of halogens is 2. The van der Waals surface area contributed by atoms with Gasteiger partial charge in [-0.2, -0.15) is 8.42 Å². The van der Waals surface area contributed by atoms with E-state index in [1.807, 2.05) is 6.92 Å². The van der Waals surface area contributed by atoms with Crippen molar-refractivity contribution in [3.05, 3.63) is 34.0 Å². The standard InChI is InChI=1S/C12H14Cl2N4O2S/c1-4-18-6-10(15-8(18)3)21(19,20)17-11-7(2)5-9(13)16-12(11)14/h5-6,17H,4H2,1-3H3. The lowest BCUT2D eigenvalue weighted by Gasteiger charge is -2.10. The van der Waals surface area contributed by atoms with Crippen LogP contribution in [0.25, 0.3) is 0 Å². The van der Waals surface area contributed by atoms with E-state index in [0.29, 0.717) is 17.9 Å². The van der Waals surface area contributed by atoms with E-state index in [1.165, 1.54) is 12.3 Å². The molecule has 0 aliphatic rings. The normalized spacial score (nSPS) is 11.7. The van der Waals surface area contributed by atoms with Gasteiger partial charge in [0.1, 0.15) is 11.0 Å². The number of imidazole rings is 1. The van der Waals surface area contributed by atoms with Crippen molar-refractivity contribution in [2.24, 2.45) is 0 Å². The van der Waals surface area contributed by atoms with E-state index in [2.05, 4.69) is 14.7 Å². The number of nitrogens with one attached hydrogen (secondary N) is 1. The first kappa shape index (κ1) is 16.1. The molecule has 9 heteroatoms. The van der Waals surface area contributed by atoms with E-state index in [0.717, 1.165) is 0 Å². The summed E-state index contributed by atoms with van der Waals surface area (Å²) in [6.07, 6.45) is 1.48. The second kappa shape index (κ2) is 5.82. The lowest BCUT2D eigenvalue weighted by Crippen LogP contribution is -2.15. The van der Waals surface area contributed by atoms with Crippen molar-refractivity contribution in [3.63, 3.8) is 0 Å². The molecule has 2 aromatic rings. The molecule has 2 rings (SSSR count). The van der Waals surface area contributed by atoms with Gasteiger partial charge in [0.15, 0.2) is 10.2 Å². The van der Waals surface area contributed by atoms with Crippen LogP contribution in [0.2, 0.25) is 10.3 Å². The summed E-state index contributed by atoms with van der Waals surface area (Å²) in [4.78, 5) is 7.88. The first-order valence-electron chi connectivity index (χ1n) is 6.14. The van der Waals surface area contributed by atoms with E-state index < -0.39 is 10.0 Å². The molecule has 21 heavy (non-hydrogen) atoms. The first-order chi connectivity index (χ1) is 9.74. The number of rotatable bonds is 4. The monoisotopic (exact) mass is 348 g/mol. The van der Waals surface area contributed by atoms with Gasteiger partial charge in [-0.1, -0.05) is 23.2 Å². The Labute approximate surface area is 133 Å². The Morgan fingerprint density at radius 1 is 1.29 bits per heavy atom. The van der Waals surface area contributed by atoms with E-state index in [1.54, 1.807) is 18.4 Å². The molecule has 0 atom stereocenters. The minimum Gasteiger partial charge on any atom is -0.334 e. The molecule has 0 fully saturated rings. The van der Waals surface area contributed by atoms with Crippen LogP contribution in [0.1, 0.15) is 18.3 Å². The van der Waals surface area contributed by atoms with Crippen LogP contribution >= 0.6 is 23.2 Å². The van der Waals surface area contributed by atoms with Crippen molar-refractivity contribution in [3.8, 4) is 0 Å². The molecule has 0 aliphatic heterocycles. The third-order valence-electron chi connectivity index (χ3n) is 2.95. The maximum atomic E-state index is 12.4. The van der Waals surface area contributed by atoms with Crippen LogP contribution in [0.4, 0.5) is 5.69 Å². The second-order valence-corrected chi connectivity index (χ2v) is 6.82. The predicted octanol–water partition coefficient (Wildman–Crippen LogP) is 3.02. The van der Waals surface area contributed by atoms with Crippen molar-refractivity contribution in [2.75, 3.05) is 4.72 Å². The van der Waals surface area contributed by atoms with Gasteiger partial charge in [0, 0.05) is 12.7 Å². The van der Waals surface area contributed by atoms with E-state index in [4.69, 9.17) is 23.2 Å². The second-order valence-electron chi connectivity index (χ2n) is 4.45. The van der Waals surface area contributed by atoms with Crippen molar-refractivity contribution in [1.82, 2.24) is 14.5 Å². The molecule has 2 heterocycles. The Hall–Kier alpha value is -1.31. The van der Waals surface area contributed by atoms with Crippen molar-refractivity contribution < 1.29 is 8.42 Å². The molecule has 114 valence electrons. The number of hydrogen-bond acceptors (Lipinski definition) is 4. The summed E-state index contributed by atoms with van der Waals surface area (Å²) in [5.74, 6) is 0.620. The molecular weight excluding hydrogens is 335 g/mol. The van der Waals surface area contributed by atoms with Gasteiger partial charge < -0.3 is 4.57 Å². The zero-order valence-corrected chi connectivity index (χ0v) is 14.0. The molecular formula is C12H14Cl2N4O2S. The molecule has 0 aromatic carbocycles. The molecule has 0 bridgehead atoms. The van der Waals surface area contributed by atoms with Gasteiger partial charge in [0.05, 0.1) is 5.69 Å². The number of nitrogens with zero attached hydrogens (tertiary/aromatic N) is 3. The first-order valence-corrected chi connectivity index (χ1v) is 8.37. The Balaban J connectivity index is 2.42. The molecule has 0 amide bonds. The van der Waals surface area contributed by atoms with E-state index >= 15 is 0 Å². The molecule has 0 saturated carbocycles. The van der Waals surface area contributed by atoms with E-state index in [-0.39, 0.29) is 21.0 Å². The molecule has 0 unspecified atom stereocenters. The topological polar surface area (TPSA) is 76.9 Å². The van der Waals surface area contributed by atoms with Crippen LogP contribution in [0.5, 0.6) is 0 Å². The highest BCUT2D eigenvalue weighted by atomic mass is 35.5. The van der Waals surface area contributed by atoms with Crippen LogP contribution < -0.4 is 4.72 Å². The SMILES string of the molecule is CCn1cc(S(=O)(=O)Nc2c(C)cc(Cl)nc2Cl)nc1C. The largest absolute Gasteiger partial charge is 0.334 e. The summed E-state index contributed by atoms with van der Waals surface area (Å²) in [7, 11) is -3.83. The summed E-state index contributed by atoms with van der Waals surface area (Å²) < 4.78 is 28.9. The Kier molecular flexibility index (Phi) is 4.46. The quantitative estimate of drug-likeness (QED) is 0.861. The number of anilines is 1. The van der Waals surface area contributed by atoms with Gasteiger partial charge in [0.25, 0.3) is 10.0 Å². The zero-order valence-electron chi connectivity index (χ0n) is 11.7. The fraction of sp³-hybridized carbons (Fsp3) is 0.333. The lowest BCUT2D eigenvalue weighted by atomic mass is 10.3. The van der Waals surface area contributed by atoms with Crippen LogP contribution in [0.15, 0.2) is 17.3 Å². The number of sulfonamides is 1. The lowest BCUT2D eigenvalue weighted by molar-refractivity contribution is 0.598. The maximum Gasteiger partial charge on any atom is 0.281 e. The van der Waals surface area contributed by atoms with Gasteiger partial charge in [-0.25, -0.2) is 9.97 Å². The van der Waals surface area contributed by atoms with Crippen LogP contribution in [-0.2, 0) is 16.6 Å². The van der Waals surface area contributed by atoms with Crippen LogP contribution in [0.3, 0.4) is 0 Å². The van der Waals surface area contributed by atoms with E-state index in [9.17, 15) is 8.42 Å². The Morgan fingerprint density at radius 2 is 1.95 bits per heavy atom. The van der Waals surface area contributed by atoms with Crippen molar-refractivity contribution in [1.29, 1.82) is 0 Å². The molecule has 0 spiro atoms. The fourth-order valence-electron chi connectivity index (χ4n) is 1.83. The Bertz CT molecular complexity index is 764. The molecule has 0 radical (unpaired) electrons. The van der Waals surface area contributed by atoms with Gasteiger partial charge in [0.2, 0.25) is 0 Å². The van der Waals surface area contributed by atoms with Gasteiger partial charge >= 0.3 is 0 Å². The van der Waals surface area contributed by atoms with Crippen LogP contribution in [-0.4, -0.2) is 23.0 Å². The average molecular weight is 349 g/mol. The maximum absolute atomic E-state index is 12.4. The number of aryl methyl sites for hydroxylation is 3. The van der Waals surface area contributed by atoms with Crippen molar-refractivity contribution >= 4 is 38.9 Å². The highest BCUT2D eigenvalue weighted by Crippen LogP contribution is 2.28. The fourth-order valence-corrected chi connectivity index (χ4v) is 3.62. The van der Waals surface area contributed by atoms with Crippen molar-refractivity contribution in [2.45, 2.75) is 32.3 Å². The molecule has 0 saturated heterocycles. The zero-order chi connectivity index (χ0) is 15.8. The Morgan fingerprint density at radius 3 is 2.48 bits per heavy atom. The number of aromatic nitrogens is 3. The van der Waals surface area contributed by atoms with Gasteiger partial charge in [-0.3, -0.25) is 4.72 Å². The smallest absolute Gasteiger partial charge is 0.281 e. The number of pyridine rings is 1. The predicted molar refractivity (Wildman–Crippen MR) is 82.4 cm³/mol. The third kappa shape index (κ3) is 3.30. The summed E-state index contributed by atoms with van der Waals surface area (Å²) in [5, 5.41) is 0.133. The minimum absolute atomic E-state index is 0.00442. The summed E-state index contributed by atoms with van der Waals surface area (Å²) in [6.45, 7) is 5.97. The highest BCUT2D eigenvalue weighted by Gasteiger charge is 2.21. The summed E-state index contributed by atoms with van der Waals surface area (Å²) in [5.41, 5.74) is 0.778. The number of hydrogen-bond donors (Lipinski definition) is 1. The summed E-state index contributed by atoms with van der Waals surface area (Å²) in [6, 6.07) is 1.53. The van der Waals surface area contributed by atoms with Gasteiger partial charge in [-0.15, -0.1) is 0 Å².